The summed E-state index contributed by atoms with van der Waals surface area (Å²) in [5.74, 6) is 0. The first-order chi connectivity index (χ1) is 9.43. The van der Waals surface area contributed by atoms with Crippen LogP contribution in [0.4, 0.5) is 0 Å². The van der Waals surface area contributed by atoms with E-state index >= 15 is 0 Å². The summed E-state index contributed by atoms with van der Waals surface area (Å²) in [6.45, 7) is 4.08. The van der Waals surface area contributed by atoms with E-state index in [9.17, 15) is 0 Å². The molecule has 0 aliphatic carbocycles. The molecule has 0 radical (unpaired) electrons. The van der Waals surface area contributed by atoms with Gasteiger partial charge in [-0.05, 0) is 67.4 Å². The zero-order valence-electron chi connectivity index (χ0n) is 11.6. The predicted octanol–water partition coefficient (Wildman–Crippen LogP) is 5.68. The molecule has 1 atom stereocenters. The molecule has 0 aliphatic rings. The average molecular weight is 373 g/mol. The van der Waals surface area contributed by atoms with Crippen LogP contribution >= 0.6 is 39.1 Å². The van der Waals surface area contributed by atoms with Crippen LogP contribution in [0, 0.1) is 13.8 Å². The second-order valence-corrected chi connectivity index (χ2v) is 6.58. The summed E-state index contributed by atoms with van der Waals surface area (Å²) in [7, 11) is 1.94. The van der Waals surface area contributed by atoms with Gasteiger partial charge in [0.15, 0.2) is 0 Å². The third-order valence-electron chi connectivity index (χ3n) is 3.42. The van der Waals surface area contributed by atoms with Crippen molar-refractivity contribution in [3.8, 4) is 0 Å². The van der Waals surface area contributed by atoms with Gasteiger partial charge >= 0.3 is 0 Å². The lowest BCUT2D eigenvalue weighted by molar-refractivity contribution is 0.687. The fourth-order valence-electron chi connectivity index (χ4n) is 2.33. The molecule has 0 aromatic heterocycles. The van der Waals surface area contributed by atoms with E-state index < -0.39 is 0 Å². The van der Waals surface area contributed by atoms with Gasteiger partial charge in [-0.3, -0.25) is 0 Å². The van der Waals surface area contributed by atoms with Crippen LogP contribution in [0.15, 0.2) is 34.8 Å². The van der Waals surface area contributed by atoms with Crippen molar-refractivity contribution in [2.45, 2.75) is 19.9 Å². The first-order valence-electron chi connectivity index (χ1n) is 6.33. The van der Waals surface area contributed by atoms with E-state index in [0.717, 1.165) is 31.2 Å². The van der Waals surface area contributed by atoms with Gasteiger partial charge in [0.2, 0.25) is 0 Å². The average Bonchev–Trinajstić information content (AvgIpc) is 2.40. The summed E-state index contributed by atoms with van der Waals surface area (Å²) in [5.41, 5.74) is 4.46. The minimum Gasteiger partial charge on any atom is -0.309 e. The van der Waals surface area contributed by atoms with E-state index in [1.165, 1.54) is 5.56 Å². The number of halogens is 3. The van der Waals surface area contributed by atoms with E-state index in [1.54, 1.807) is 0 Å². The van der Waals surface area contributed by atoms with Crippen LogP contribution < -0.4 is 5.32 Å². The molecule has 0 fully saturated rings. The number of hydrogen-bond donors (Lipinski definition) is 1. The maximum atomic E-state index is 6.36. The van der Waals surface area contributed by atoms with Crippen molar-refractivity contribution in [3.63, 3.8) is 0 Å². The van der Waals surface area contributed by atoms with Crippen LogP contribution in [0.1, 0.15) is 28.3 Å². The molecular formula is C16H16BrCl2N. The van der Waals surface area contributed by atoms with E-state index in [1.807, 2.05) is 38.2 Å². The molecular weight excluding hydrogens is 357 g/mol. The van der Waals surface area contributed by atoms with Gasteiger partial charge in [-0.1, -0.05) is 45.2 Å². The highest BCUT2D eigenvalue weighted by atomic mass is 79.9. The molecule has 0 bridgehead atoms. The Bertz CT molecular complexity index is 641. The molecule has 2 aromatic rings. The lowest BCUT2D eigenvalue weighted by atomic mass is 9.93. The van der Waals surface area contributed by atoms with Gasteiger partial charge in [0, 0.05) is 14.5 Å². The standard InChI is InChI=1S/C16H16BrCl2N/c1-9-7-15(19)10(2)6-12(9)16(20-3)13-8-11(17)4-5-14(13)18/h4-8,16,20H,1-3H3. The van der Waals surface area contributed by atoms with Crippen molar-refractivity contribution in [2.24, 2.45) is 0 Å². The van der Waals surface area contributed by atoms with Crippen molar-refractivity contribution >= 4 is 39.1 Å². The second-order valence-electron chi connectivity index (χ2n) is 4.85. The molecule has 2 rings (SSSR count). The Hall–Kier alpha value is -0.540. The van der Waals surface area contributed by atoms with E-state index in [2.05, 4.69) is 34.2 Å². The molecule has 0 heterocycles. The quantitative estimate of drug-likeness (QED) is 0.730. The van der Waals surface area contributed by atoms with Gasteiger partial charge in [0.25, 0.3) is 0 Å². The van der Waals surface area contributed by atoms with Gasteiger partial charge in [-0.2, -0.15) is 0 Å². The lowest BCUT2D eigenvalue weighted by Crippen LogP contribution is -2.19. The van der Waals surface area contributed by atoms with Crippen LogP contribution in [0.25, 0.3) is 0 Å². The van der Waals surface area contributed by atoms with Crippen molar-refractivity contribution in [3.05, 3.63) is 67.1 Å². The summed E-state index contributed by atoms with van der Waals surface area (Å²) < 4.78 is 1.01. The highest BCUT2D eigenvalue weighted by Crippen LogP contribution is 2.33. The summed E-state index contributed by atoms with van der Waals surface area (Å²) in [6.07, 6.45) is 0. The zero-order valence-corrected chi connectivity index (χ0v) is 14.7. The van der Waals surface area contributed by atoms with E-state index in [4.69, 9.17) is 23.2 Å². The van der Waals surface area contributed by atoms with Gasteiger partial charge in [-0.25, -0.2) is 0 Å². The number of benzene rings is 2. The largest absolute Gasteiger partial charge is 0.309 e. The molecule has 1 unspecified atom stereocenters. The Morgan fingerprint density at radius 3 is 2.30 bits per heavy atom. The molecule has 2 aromatic carbocycles. The molecule has 0 aliphatic heterocycles. The van der Waals surface area contributed by atoms with Crippen molar-refractivity contribution in [1.82, 2.24) is 5.32 Å². The second kappa shape index (κ2) is 6.48. The molecule has 0 saturated carbocycles. The Morgan fingerprint density at radius 2 is 1.65 bits per heavy atom. The van der Waals surface area contributed by atoms with E-state index in [0.29, 0.717) is 0 Å². The molecule has 0 amide bonds. The maximum Gasteiger partial charge on any atom is 0.0592 e. The topological polar surface area (TPSA) is 12.0 Å². The number of rotatable bonds is 3. The highest BCUT2D eigenvalue weighted by Gasteiger charge is 2.18. The van der Waals surface area contributed by atoms with Gasteiger partial charge in [-0.15, -0.1) is 0 Å². The van der Waals surface area contributed by atoms with Crippen LogP contribution in [-0.4, -0.2) is 7.05 Å². The number of aryl methyl sites for hydroxylation is 2. The third-order valence-corrected chi connectivity index (χ3v) is 4.66. The van der Waals surface area contributed by atoms with E-state index in [-0.39, 0.29) is 6.04 Å². The number of nitrogens with one attached hydrogen (secondary N) is 1. The van der Waals surface area contributed by atoms with Crippen LogP contribution in [-0.2, 0) is 0 Å². The number of hydrogen-bond acceptors (Lipinski definition) is 1. The lowest BCUT2D eigenvalue weighted by Gasteiger charge is -2.22. The minimum absolute atomic E-state index is 0.0379. The Kier molecular flexibility index (Phi) is 5.14. The van der Waals surface area contributed by atoms with Crippen molar-refractivity contribution < 1.29 is 0 Å². The minimum atomic E-state index is 0.0379. The first kappa shape index (κ1) is 15.8. The molecule has 106 valence electrons. The summed E-state index contributed by atoms with van der Waals surface area (Å²) in [6, 6.07) is 10.1. The fourth-order valence-corrected chi connectivity index (χ4v) is 3.15. The van der Waals surface area contributed by atoms with Gasteiger partial charge in [0.05, 0.1) is 6.04 Å². The Labute approximate surface area is 138 Å². The zero-order chi connectivity index (χ0) is 14.9. The predicted molar refractivity (Wildman–Crippen MR) is 91.0 cm³/mol. The third kappa shape index (κ3) is 3.20. The monoisotopic (exact) mass is 371 g/mol. The highest BCUT2D eigenvalue weighted by molar-refractivity contribution is 9.10. The fraction of sp³-hybridized carbons (Fsp3) is 0.250. The van der Waals surface area contributed by atoms with Gasteiger partial charge < -0.3 is 5.32 Å². The summed E-state index contributed by atoms with van der Waals surface area (Å²) in [4.78, 5) is 0. The summed E-state index contributed by atoms with van der Waals surface area (Å²) >= 11 is 16.0. The smallest absolute Gasteiger partial charge is 0.0592 e. The maximum absolute atomic E-state index is 6.36. The molecule has 0 saturated heterocycles. The van der Waals surface area contributed by atoms with Crippen LogP contribution in [0.3, 0.4) is 0 Å². The summed E-state index contributed by atoms with van der Waals surface area (Å²) in [5, 5.41) is 4.88. The molecule has 1 nitrogen and oxygen atoms in total. The SMILES string of the molecule is CNC(c1cc(C)c(Cl)cc1C)c1cc(Br)ccc1Cl. The van der Waals surface area contributed by atoms with Crippen molar-refractivity contribution in [1.29, 1.82) is 0 Å². The Balaban J connectivity index is 2.58. The van der Waals surface area contributed by atoms with Gasteiger partial charge in [0.1, 0.15) is 0 Å². The molecule has 0 spiro atoms. The van der Waals surface area contributed by atoms with Crippen LogP contribution in [0.5, 0.6) is 0 Å². The normalized spacial score (nSPS) is 12.5. The Morgan fingerprint density at radius 1 is 0.950 bits per heavy atom. The molecule has 20 heavy (non-hydrogen) atoms. The van der Waals surface area contributed by atoms with Crippen LogP contribution in [0.2, 0.25) is 10.0 Å². The van der Waals surface area contributed by atoms with Crippen molar-refractivity contribution in [2.75, 3.05) is 7.05 Å². The first-order valence-corrected chi connectivity index (χ1v) is 7.87. The molecule has 1 N–H and O–H groups in total. The molecule has 4 heteroatoms.